The van der Waals surface area contributed by atoms with E-state index in [1.807, 2.05) is 30.3 Å². The Morgan fingerprint density at radius 1 is 1.05 bits per heavy atom. The van der Waals surface area contributed by atoms with Crippen molar-refractivity contribution >= 4 is 16.9 Å². The molecule has 0 unspecified atom stereocenters. The lowest BCUT2D eigenvalue weighted by Crippen LogP contribution is -1.97. The molecule has 1 aromatic heterocycles. The monoisotopic (exact) mass is 251 g/mol. The average Bonchev–Trinajstić information content (AvgIpc) is 2.47. The first-order chi connectivity index (χ1) is 9.29. The topological polar surface area (TPSA) is 61.0 Å². The van der Waals surface area contributed by atoms with Crippen LogP contribution in [0.25, 0.3) is 22.0 Å². The Hall–Kier alpha value is -2.62. The first-order valence-electron chi connectivity index (χ1n) is 5.94. The lowest BCUT2D eigenvalue weighted by molar-refractivity contribution is 0.419. The summed E-state index contributed by atoms with van der Waals surface area (Å²) in [6.45, 7) is 0. The number of nitrogens with two attached hydrogens (primary N) is 1. The molecule has 0 atom stereocenters. The summed E-state index contributed by atoms with van der Waals surface area (Å²) in [6, 6.07) is 14.0. The number of anilines is 1. The van der Waals surface area contributed by atoms with Crippen LogP contribution in [0.1, 0.15) is 0 Å². The summed E-state index contributed by atoms with van der Waals surface area (Å²) < 4.78 is 5.33. The second kappa shape index (κ2) is 4.57. The Balaban J connectivity index is 2.33. The lowest BCUT2D eigenvalue weighted by atomic mass is 10.0. The Bertz CT molecular complexity index is 726. The highest BCUT2D eigenvalue weighted by atomic mass is 16.5. The number of aromatic nitrogens is 2. The van der Waals surface area contributed by atoms with E-state index in [0.717, 1.165) is 22.0 Å². The van der Waals surface area contributed by atoms with Gasteiger partial charge in [0.25, 0.3) is 0 Å². The Morgan fingerprint density at radius 2 is 1.84 bits per heavy atom. The van der Waals surface area contributed by atoms with E-state index >= 15 is 0 Å². The van der Waals surface area contributed by atoms with Crippen LogP contribution in [0.5, 0.6) is 5.75 Å². The van der Waals surface area contributed by atoms with E-state index in [1.165, 1.54) is 0 Å². The predicted molar refractivity (Wildman–Crippen MR) is 75.9 cm³/mol. The van der Waals surface area contributed by atoms with Gasteiger partial charge in [0.05, 0.1) is 7.11 Å². The molecule has 4 heteroatoms. The maximum atomic E-state index is 5.66. The minimum atomic E-state index is 0.246. The lowest BCUT2D eigenvalue weighted by Gasteiger charge is -2.10. The largest absolute Gasteiger partial charge is 0.494 e. The maximum absolute atomic E-state index is 5.66. The second-order valence-corrected chi connectivity index (χ2v) is 4.17. The van der Waals surface area contributed by atoms with Gasteiger partial charge in [-0.2, -0.15) is 0 Å². The molecule has 1 heterocycles. The fraction of sp³-hybridized carbons (Fsp3) is 0.0667. The minimum Gasteiger partial charge on any atom is -0.494 e. The Kier molecular flexibility index (Phi) is 2.76. The van der Waals surface area contributed by atoms with Gasteiger partial charge in [-0.25, -0.2) is 9.97 Å². The number of benzene rings is 2. The molecule has 0 saturated heterocycles. The third-order valence-electron chi connectivity index (χ3n) is 3.04. The van der Waals surface area contributed by atoms with Crippen molar-refractivity contribution < 1.29 is 4.74 Å². The zero-order valence-electron chi connectivity index (χ0n) is 10.5. The molecule has 19 heavy (non-hydrogen) atoms. The summed E-state index contributed by atoms with van der Waals surface area (Å²) in [7, 11) is 1.62. The maximum Gasteiger partial charge on any atom is 0.220 e. The molecular formula is C15H13N3O. The zero-order chi connectivity index (χ0) is 13.2. The smallest absolute Gasteiger partial charge is 0.220 e. The highest BCUT2D eigenvalue weighted by Gasteiger charge is 2.10. The number of methoxy groups -OCH3 is 1. The highest BCUT2D eigenvalue weighted by molar-refractivity contribution is 5.97. The minimum absolute atomic E-state index is 0.246. The summed E-state index contributed by atoms with van der Waals surface area (Å²) in [5.41, 5.74) is 8.57. The van der Waals surface area contributed by atoms with E-state index in [4.69, 9.17) is 10.5 Å². The van der Waals surface area contributed by atoms with Crippen LogP contribution < -0.4 is 10.5 Å². The zero-order valence-corrected chi connectivity index (χ0v) is 10.5. The third kappa shape index (κ3) is 1.97. The molecule has 4 nitrogen and oxygen atoms in total. The molecule has 3 aromatic rings. The van der Waals surface area contributed by atoms with Gasteiger partial charge in [0.2, 0.25) is 5.95 Å². The summed E-state index contributed by atoms with van der Waals surface area (Å²) in [4.78, 5) is 8.35. The molecule has 0 saturated carbocycles. The van der Waals surface area contributed by atoms with E-state index < -0.39 is 0 Å². The van der Waals surface area contributed by atoms with Crippen LogP contribution in [0.3, 0.4) is 0 Å². The quantitative estimate of drug-likeness (QED) is 0.760. The van der Waals surface area contributed by atoms with Crippen molar-refractivity contribution in [3.05, 3.63) is 48.7 Å². The van der Waals surface area contributed by atoms with Crippen LogP contribution in [0.2, 0.25) is 0 Å². The standard InChI is InChI=1S/C15H13N3O/c1-19-13-8-7-11(10-5-3-2-4-6-10)12-9-17-15(16)18-14(12)13/h2-9H,1H3,(H2,16,17,18). The molecule has 0 aliphatic heterocycles. The summed E-state index contributed by atoms with van der Waals surface area (Å²) in [5, 5.41) is 0.930. The number of fused-ring (bicyclic) bond motifs is 1. The molecule has 0 spiro atoms. The van der Waals surface area contributed by atoms with E-state index in [9.17, 15) is 0 Å². The van der Waals surface area contributed by atoms with Crippen LogP contribution in [-0.4, -0.2) is 17.1 Å². The van der Waals surface area contributed by atoms with Gasteiger partial charge >= 0.3 is 0 Å². The van der Waals surface area contributed by atoms with Crippen LogP contribution in [0.4, 0.5) is 5.95 Å². The first-order valence-corrected chi connectivity index (χ1v) is 5.94. The van der Waals surface area contributed by atoms with Crippen LogP contribution in [-0.2, 0) is 0 Å². The molecule has 0 amide bonds. The van der Waals surface area contributed by atoms with Crippen molar-refractivity contribution in [2.75, 3.05) is 12.8 Å². The van der Waals surface area contributed by atoms with Gasteiger partial charge in [-0.3, -0.25) is 0 Å². The molecule has 0 bridgehead atoms. The van der Waals surface area contributed by atoms with E-state index in [1.54, 1.807) is 13.3 Å². The second-order valence-electron chi connectivity index (χ2n) is 4.17. The van der Waals surface area contributed by atoms with Crippen molar-refractivity contribution in [3.63, 3.8) is 0 Å². The molecule has 3 rings (SSSR count). The van der Waals surface area contributed by atoms with Gasteiger partial charge in [-0.15, -0.1) is 0 Å². The summed E-state index contributed by atoms with van der Waals surface area (Å²) >= 11 is 0. The molecular weight excluding hydrogens is 238 g/mol. The van der Waals surface area contributed by atoms with Gasteiger partial charge < -0.3 is 10.5 Å². The third-order valence-corrected chi connectivity index (χ3v) is 3.04. The van der Waals surface area contributed by atoms with Gasteiger partial charge in [-0.1, -0.05) is 30.3 Å². The molecule has 2 N–H and O–H groups in total. The van der Waals surface area contributed by atoms with Crippen LogP contribution in [0, 0.1) is 0 Å². The number of rotatable bonds is 2. The number of hydrogen-bond donors (Lipinski definition) is 1. The van der Waals surface area contributed by atoms with Crippen molar-refractivity contribution in [1.29, 1.82) is 0 Å². The van der Waals surface area contributed by atoms with E-state index in [2.05, 4.69) is 22.1 Å². The van der Waals surface area contributed by atoms with Gasteiger partial charge in [0.1, 0.15) is 11.3 Å². The van der Waals surface area contributed by atoms with E-state index in [-0.39, 0.29) is 5.95 Å². The normalized spacial score (nSPS) is 10.6. The Morgan fingerprint density at radius 3 is 2.58 bits per heavy atom. The summed E-state index contributed by atoms with van der Waals surface area (Å²) in [5.74, 6) is 0.944. The SMILES string of the molecule is COc1ccc(-c2ccccc2)c2cnc(N)nc12. The first kappa shape index (κ1) is 11.5. The van der Waals surface area contributed by atoms with Gasteiger partial charge in [0, 0.05) is 11.6 Å². The predicted octanol–water partition coefficient (Wildman–Crippen LogP) is 2.89. The number of nitrogens with zero attached hydrogens (tertiary/aromatic N) is 2. The van der Waals surface area contributed by atoms with Gasteiger partial charge in [-0.05, 0) is 23.3 Å². The molecule has 0 fully saturated rings. The molecule has 2 aromatic carbocycles. The molecule has 94 valence electrons. The molecule has 0 aliphatic carbocycles. The highest BCUT2D eigenvalue weighted by Crippen LogP contribution is 2.32. The van der Waals surface area contributed by atoms with Crippen LogP contribution in [0.15, 0.2) is 48.7 Å². The summed E-state index contributed by atoms with van der Waals surface area (Å²) in [6.07, 6.45) is 1.74. The van der Waals surface area contributed by atoms with Crippen molar-refractivity contribution in [3.8, 4) is 16.9 Å². The average molecular weight is 251 g/mol. The van der Waals surface area contributed by atoms with Gasteiger partial charge in [0.15, 0.2) is 0 Å². The Labute approximate surface area is 110 Å². The van der Waals surface area contributed by atoms with E-state index in [0.29, 0.717) is 5.75 Å². The van der Waals surface area contributed by atoms with Crippen molar-refractivity contribution in [1.82, 2.24) is 9.97 Å². The molecule has 0 radical (unpaired) electrons. The van der Waals surface area contributed by atoms with Crippen molar-refractivity contribution in [2.45, 2.75) is 0 Å². The van der Waals surface area contributed by atoms with Crippen LogP contribution >= 0.6 is 0 Å². The number of nitrogen functional groups attached to an aromatic ring is 1. The number of hydrogen-bond acceptors (Lipinski definition) is 4. The molecule has 0 aliphatic rings. The number of ether oxygens (including phenoxy) is 1. The fourth-order valence-corrected chi connectivity index (χ4v) is 2.14. The fourth-order valence-electron chi connectivity index (χ4n) is 2.14. The van der Waals surface area contributed by atoms with Crippen molar-refractivity contribution in [2.24, 2.45) is 0 Å².